The summed E-state index contributed by atoms with van der Waals surface area (Å²) in [7, 11) is 3.17. The van der Waals surface area contributed by atoms with Crippen LogP contribution in [0.4, 0.5) is 0 Å². The molecule has 2 aromatic heterocycles. The van der Waals surface area contributed by atoms with Crippen LogP contribution in [0.25, 0.3) is 11.3 Å². The fourth-order valence-corrected chi connectivity index (χ4v) is 3.99. The van der Waals surface area contributed by atoms with Gasteiger partial charge < -0.3 is 13.9 Å². The van der Waals surface area contributed by atoms with Gasteiger partial charge in [-0.15, -0.1) is 11.8 Å². The molecule has 0 bridgehead atoms. The fourth-order valence-electron chi connectivity index (χ4n) is 2.92. The summed E-state index contributed by atoms with van der Waals surface area (Å²) in [6, 6.07) is 23.9. The van der Waals surface area contributed by atoms with Gasteiger partial charge in [-0.2, -0.15) is 9.97 Å². The number of methoxy groups -OCH3 is 2. The molecule has 2 aromatic carbocycles. The summed E-state index contributed by atoms with van der Waals surface area (Å²) >= 11 is 1.67. The summed E-state index contributed by atoms with van der Waals surface area (Å²) in [5.41, 5.74) is 2.14. The first-order chi connectivity index (χ1) is 14.3. The van der Waals surface area contributed by atoms with Crippen molar-refractivity contribution in [3.8, 4) is 23.1 Å². The Labute approximate surface area is 173 Å². The van der Waals surface area contributed by atoms with Crippen LogP contribution in [0.3, 0.4) is 0 Å². The zero-order chi connectivity index (χ0) is 20.1. The Bertz CT molecular complexity index is 1030. The summed E-state index contributed by atoms with van der Waals surface area (Å²) in [4.78, 5) is 10.3. The average Bonchev–Trinajstić information content (AvgIpc) is 3.33. The first-order valence-electron chi connectivity index (χ1n) is 9.09. The number of aromatic nitrogens is 2. The molecule has 146 valence electrons. The Hall–Kier alpha value is -3.25. The monoisotopic (exact) mass is 404 g/mol. The molecule has 4 aromatic rings. The molecule has 0 amide bonds. The van der Waals surface area contributed by atoms with E-state index in [4.69, 9.17) is 13.9 Å². The molecule has 29 heavy (non-hydrogen) atoms. The molecule has 0 saturated carbocycles. The maximum Gasteiger partial charge on any atom is 0.220 e. The van der Waals surface area contributed by atoms with Gasteiger partial charge in [0, 0.05) is 10.5 Å². The van der Waals surface area contributed by atoms with E-state index < -0.39 is 0 Å². The van der Waals surface area contributed by atoms with Gasteiger partial charge in [-0.1, -0.05) is 42.5 Å². The average molecular weight is 404 g/mol. The van der Waals surface area contributed by atoms with Crippen molar-refractivity contribution in [1.29, 1.82) is 0 Å². The molecule has 4 rings (SSSR count). The fraction of sp³-hybridized carbons (Fsp3) is 0.130. The third-order valence-electron chi connectivity index (χ3n) is 4.37. The van der Waals surface area contributed by atoms with Crippen molar-refractivity contribution in [2.24, 2.45) is 0 Å². The number of ether oxygens (including phenoxy) is 2. The van der Waals surface area contributed by atoms with Crippen LogP contribution in [-0.4, -0.2) is 24.2 Å². The van der Waals surface area contributed by atoms with Crippen LogP contribution >= 0.6 is 11.8 Å². The SMILES string of the molecule is COc1cc(OC)nc(C(Sc2ccc(-c3ccco3)cc2)c2ccccc2)n1. The van der Waals surface area contributed by atoms with Crippen molar-refractivity contribution in [3.63, 3.8) is 0 Å². The van der Waals surface area contributed by atoms with Crippen LogP contribution in [0, 0.1) is 0 Å². The van der Waals surface area contributed by atoms with Crippen LogP contribution in [0.15, 0.2) is 88.4 Å². The largest absolute Gasteiger partial charge is 0.481 e. The smallest absolute Gasteiger partial charge is 0.220 e. The highest BCUT2D eigenvalue weighted by Crippen LogP contribution is 2.40. The standard InChI is InChI=1S/C23H20N2O3S/c1-26-20-15-21(27-2)25-23(24-20)22(17-7-4-3-5-8-17)29-18-12-10-16(11-13-18)19-9-6-14-28-19/h3-15,22H,1-2H3. The van der Waals surface area contributed by atoms with Gasteiger partial charge in [0.15, 0.2) is 5.82 Å². The number of nitrogens with zero attached hydrogens (tertiary/aromatic N) is 2. The van der Waals surface area contributed by atoms with E-state index in [2.05, 4.69) is 46.4 Å². The van der Waals surface area contributed by atoms with Gasteiger partial charge in [0.05, 0.1) is 31.8 Å². The van der Waals surface area contributed by atoms with Crippen molar-refractivity contribution in [1.82, 2.24) is 9.97 Å². The number of rotatable bonds is 7. The van der Waals surface area contributed by atoms with Gasteiger partial charge in [0.25, 0.3) is 0 Å². The van der Waals surface area contributed by atoms with Crippen LogP contribution in [-0.2, 0) is 0 Å². The van der Waals surface area contributed by atoms with E-state index in [-0.39, 0.29) is 5.25 Å². The van der Waals surface area contributed by atoms with Crippen molar-refractivity contribution < 1.29 is 13.9 Å². The summed E-state index contributed by atoms with van der Waals surface area (Å²) in [5.74, 6) is 2.43. The molecule has 0 aliphatic heterocycles. The van der Waals surface area contributed by atoms with Crippen molar-refractivity contribution in [2.75, 3.05) is 14.2 Å². The highest BCUT2D eigenvalue weighted by atomic mass is 32.2. The van der Waals surface area contributed by atoms with Crippen molar-refractivity contribution in [3.05, 3.63) is 90.4 Å². The quantitative estimate of drug-likeness (QED) is 0.372. The topological polar surface area (TPSA) is 57.4 Å². The van der Waals surface area contributed by atoms with E-state index >= 15 is 0 Å². The molecular formula is C23H20N2O3S. The maximum atomic E-state index is 5.48. The second-order valence-corrected chi connectivity index (χ2v) is 7.40. The molecule has 0 aliphatic carbocycles. The number of hydrogen-bond acceptors (Lipinski definition) is 6. The molecule has 5 nitrogen and oxygen atoms in total. The summed E-state index contributed by atoms with van der Waals surface area (Å²) in [5, 5.41) is -0.116. The lowest BCUT2D eigenvalue weighted by atomic mass is 10.1. The molecule has 0 spiro atoms. The number of furan rings is 1. The van der Waals surface area contributed by atoms with E-state index in [1.807, 2.05) is 30.3 Å². The first-order valence-corrected chi connectivity index (χ1v) is 9.97. The zero-order valence-electron chi connectivity index (χ0n) is 16.1. The molecule has 0 radical (unpaired) electrons. The lowest BCUT2D eigenvalue weighted by Gasteiger charge is -2.17. The number of hydrogen-bond donors (Lipinski definition) is 0. The Morgan fingerprint density at radius 1 is 0.828 bits per heavy atom. The maximum absolute atomic E-state index is 5.48. The number of thioether (sulfide) groups is 1. The molecule has 0 aliphatic rings. The Balaban J connectivity index is 1.69. The molecule has 1 unspecified atom stereocenters. The van der Waals surface area contributed by atoms with E-state index in [1.54, 1.807) is 38.3 Å². The van der Waals surface area contributed by atoms with E-state index in [0.29, 0.717) is 17.6 Å². The first kappa shape index (κ1) is 19.1. The van der Waals surface area contributed by atoms with Crippen LogP contribution in [0.2, 0.25) is 0 Å². The van der Waals surface area contributed by atoms with Gasteiger partial charge in [0.1, 0.15) is 5.76 Å². The minimum atomic E-state index is -0.116. The van der Waals surface area contributed by atoms with Gasteiger partial charge in [0.2, 0.25) is 11.8 Å². The lowest BCUT2D eigenvalue weighted by Crippen LogP contribution is -2.06. The molecule has 0 saturated heterocycles. The molecule has 0 N–H and O–H groups in total. The summed E-state index contributed by atoms with van der Waals surface area (Å²) < 4.78 is 16.2. The Morgan fingerprint density at radius 2 is 1.52 bits per heavy atom. The highest BCUT2D eigenvalue weighted by Gasteiger charge is 2.21. The van der Waals surface area contributed by atoms with Gasteiger partial charge in [-0.05, 0) is 29.8 Å². The minimum Gasteiger partial charge on any atom is -0.481 e. The van der Waals surface area contributed by atoms with Gasteiger partial charge in [-0.25, -0.2) is 0 Å². The number of benzene rings is 2. The van der Waals surface area contributed by atoms with Crippen molar-refractivity contribution in [2.45, 2.75) is 10.1 Å². The second-order valence-electron chi connectivity index (χ2n) is 6.22. The minimum absolute atomic E-state index is 0.116. The summed E-state index contributed by atoms with van der Waals surface area (Å²) in [6.45, 7) is 0. The van der Waals surface area contributed by atoms with Gasteiger partial charge in [-0.3, -0.25) is 0 Å². The lowest BCUT2D eigenvalue weighted by molar-refractivity contribution is 0.368. The third-order valence-corrected chi connectivity index (χ3v) is 5.63. The normalized spacial score (nSPS) is 11.8. The Kier molecular flexibility index (Phi) is 5.81. The predicted octanol–water partition coefficient (Wildman–Crippen LogP) is 5.64. The van der Waals surface area contributed by atoms with E-state index in [1.165, 1.54) is 0 Å². The van der Waals surface area contributed by atoms with Gasteiger partial charge >= 0.3 is 0 Å². The van der Waals surface area contributed by atoms with Crippen LogP contribution < -0.4 is 9.47 Å². The third kappa shape index (κ3) is 4.43. The molecule has 0 fully saturated rings. The van der Waals surface area contributed by atoms with Crippen LogP contribution in [0.5, 0.6) is 11.8 Å². The van der Waals surface area contributed by atoms with E-state index in [9.17, 15) is 0 Å². The molecule has 6 heteroatoms. The Morgan fingerprint density at radius 3 is 2.10 bits per heavy atom. The summed E-state index contributed by atoms with van der Waals surface area (Å²) in [6.07, 6.45) is 1.68. The predicted molar refractivity (Wildman–Crippen MR) is 113 cm³/mol. The van der Waals surface area contributed by atoms with Crippen LogP contribution in [0.1, 0.15) is 16.6 Å². The molecule has 2 heterocycles. The van der Waals surface area contributed by atoms with Crippen molar-refractivity contribution >= 4 is 11.8 Å². The van der Waals surface area contributed by atoms with E-state index in [0.717, 1.165) is 21.8 Å². The zero-order valence-corrected chi connectivity index (χ0v) is 16.9. The highest BCUT2D eigenvalue weighted by molar-refractivity contribution is 7.99. The molecular weight excluding hydrogens is 384 g/mol. The molecule has 1 atom stereocenters. The second kappa shape index (κ2) is 8.84.